The van der Waals surface area contributed by atoms with Crippen LogP contribution in [0.1, 0.15) is 23.5 Å². The third-order valence-electron chi connectivity index (χ3n) is 5.31. The Morgan fingerprint density at radius 2 is 1.90 bits per heavy atom. The predicted octanol–water partition coefficient (Wildman–Crippen LogP) is 3.53. The van der Waals surface area contributed by atoms with Gasteiger partial charge in [-0.1, -0.05) is 30.3 Å². The molecule has 0 bridgehead atoms. The summed E-state index contributed by atoms with van der Waals surface area (Å²) >= 11 is 1.63. The zero-order valence-corrected chi connectivity index (χ0v) is 18.7. The van der Waals surface area contributed by atoms with Crippen molar-refractivity contribution in [2.24, 2.45) is 4.99 Å². The van der Waals surface area contributed by atoms with Crippen molar-refractivity contribution in [3.05, 3.63) is 65.0 Å². The van der Waals surface area contributed by atoms with E-state index in [1.165, 1.54) is 15.8 Å². The van der Waals surface area contributed by atoms with Crippen LogP contribution >= 0.6 is 11.3 Å². The molecule has 4 rings (SSSR count). The summed E-state index contributed by atoms with van der Waals surface area (Å²) in [6, 6.07) is 18.8. The van der Waals surface area contributed by atoms with Crippen LogP contribution in [0.25, 0.3) is 10.1 Å². The fraction of sp³-hybridized carbons (Fsp3) is 0.375. The number of guanidine groups is 1. The van der Waals surface area contributed by atoms with Crippen molar-refractivity contribution < 1.29 is 9.84 Å². The number of aliphatic imine (C=N–C) groups is 1. The molecule has 1 aromatic heterocycles. The maximum absolute atomic E-state index is 10.6. The molecule has 6 nitrogen and oxygen atoms in total. The van der Waals surface area contributed by atoms with Crippen LogP contribution in [0.2, 0.25) is 0 Å². The minimum atomic E-state index is -0.575. The summed E-state index contributed by atoms with van der Waals surface area (Å²) < 4.78 is 6.62. The average Bonchev–Trinajstić information content (AvgIpc) is 3.26. The van der Waals surface area contributed by atoms with E-state index in [0.717, 1.165) is 43.3 Å². The van der Waals surface area contributed by atoms with E-state index < -0.39 is 6.10 Å². The maximum atomic E-state index is 10.6. The lowest BCUT2D eigenvalue weighted by molar-refractivity contribution is 0.122. The molecule has 0 radical (unpaired) electrons. The van der Waals surface area contributed by atoms with Gasteiger partial charge in [-0.15, -0.1) is 11.3 Å². The van der Waals surface area contributed by atoms with Crippen LogP contribution in [0, 0.1) is 0 Å². The number of aliphatic hydroxyl groups is 1. The molecular weight excluding hydrogens is 408 g/mol. The zero-order chi connectivity index (χ0) is 21.5. The van der Waals surface area contributed by atoms with E-state index in [1.54, 1.807) is 11.3 Å². The molecule has 1 aliphatic heterocycles. The minimum Gasteiger partial charge on any atom is -0.386 e. The molecule has 0 saturated carbocycles. The molecule has 0 amide bonds. The van der Waals surface area contributed by atoms with E-state index in [9.17, 15) is 5.11 Å². The summed E-state index contributed by atoms with van der Waals surface area (Å²) in [6.45, 7) is 7.25. The van der Waals surface area contributed by atoms with E-state index in [1.807, 2.05) is 19.1 Å². The lowest BCUT2D eigenvalue weighted by Crippen LogP contribution is -2.39. The second kappa shape index (κ2) is 10.6. The van der Waals surface area contributed by atoms with Gasteiger partial charge in [0, 0.05) is 41.4 Å². The summed E-state index contributed by atoms with van der Waals surface area (Å²) in [4.78, 5) is 7.99. The number of hydrogen-bond acceptors (Lipinski definition) is 5. The molecule has 0 aliphatic carbocycles. The van der Waals surface area contributed by atoms with Gasteiger partial charge in [0.2, 0.25) is 0 Å². The fourth-order valence-corrected chi connectivity index (χ4v) is 4.66. The number of aliphatic hydroxyl groups excluding tert-OH is 1. The highest BCUT2D eigenvalue weighted by atomic mass is 32.1. The Morgan fingerprint density at radius 1 is 1.13 bits per heavy atom. The molecule has 2 heterocycles. The first kappa shape index (κ1) is 21.6. The molecule has 1 saturated heterocycles. The Bertz CT molecular complexity index is 963. The van der Waals surface area contributed by atoms with Crippen molar-refractivity contribution >= 4 is 33.1 Å². The zero-order valence-electron chi connectivity index (χ0n) is 17.9. The number of fused-ring (bicyclic) bond motifs is 1. The predicted molar refractivity (Wildman–Crippen MR) is 129 cm³/mol. The molecule has 0 spiro atoms. The first-order chi connectivity index (χ1) is 15.2. The van der Waals surface area contributed by atoms with E-state index in [0.29, 0.717) is 19.0 Å². The smallest absolute Gasteiger partial charge is 0.191 e. The third-order valence-corrected chi connectivity index (χ3v) is 6.53. The standard InChI is InChI=1S/C24H30N4O2S/c1-2-25-24(27-17-21(29)23-15-19-5-3-4-6-22(19)31-23)26-16-18-7-9-20(10-8-18)28-11-13-30-14-12-28/h3-10,15,21,29H,2,11-14,16-17H2,1H3,(H2,25,26,27). The number of morpholine rings is 1. The molecule has 31 heavy (non-hydrogen) atoms. The third kappa shape index (κ3) is 5.76. The van der Waals surface area contributed by atoms with Gasteiger partial charge in [-0.2, -0.15) is 0 Å². The van der Waals surface area contributed by atoms with E-state index >= 15 is 0 Å². The number of benzene rings is 2. The number of nitrogens with one attached hydrogen (secondary N) is 2. The Balaban J connectivity index is 1.34. The number of thiophene rings is 1. The molecule has 1 unspecified atom stereocenters. The van der Waals surface area contributed by atoms with Crippen LogP contribution in [0.4, 0.5) is 5.69 Å². The van der Waals surface area contributed by atoms with Crippen LogP contribution in [0.3, 0.4) is 0 Å². The molecule has 7 heteroatoms. The second-order valence-corrected chi connectivity index (χ2v) is 8.66. The normalized spacial score (nSPS) is 15.8. The topological polar surface area (TPSA) is 69.1 Å². The van der Waals surface area contributed by atoms with Crippen molar-refractivity contribution in [1.29, 1.82) is 0 Å². The van der Waals surface area contributed by atoms with Crippen LogP contribution in [0.15, 0.2) is 59.6 Å². The molecule has 2 aromatic carbocycles. The molecular formula is C24H30N4O2S. The minimum absolute atomic E-state index is 0.411. The Hall–Kier alpha value is -2.61. The van der Waals surface area contributed by atoms with Gasteiger partial charge in [-0.3, -0.25) is 0 Å². The summed E-state index contributed by atoms with van der Waals surface area (Å²) in [5, 5.41) is 18.3. The van der Waals surface area contributed by atoms with Crippen molar-refractivity contribution in [2.45, 2.75) is 19.6 Å². The van der Waals surface area contributed by atoms with E-state index in [2.05, 4.69) is 63.0 Å². The van der Waals surface area contributed by atoms with Gasteiger partial charge in [0.25, 0.3) is 0 Å². The van der Waals surface area contributed by atoms with Crippen molar-refractivity contribution in [2.75, 3.05) is 44.3 Å². The number of nitrogens with zero attached hydrogens (tertiary/aromatic N) is 2. The average molecular weight is 439 g/mol. The van der Waals surface area contributed by atoms with Crippen LogP contribution in [0.5, 0.6) is 0 Å². The van der Waals surface area contributed by atoms with Gasteiger partial charge in [0.05, 0.1) is 19.8 Å². The second-order valence-electron chi connectivity index (χ2n) is 7.54. The highest BCUT2D eigenvalue weighted by molar-refractivity contribution is 7.19. The molecule has 1 aliphatic rings. The molecule has 1 atom stereocenters. The lowest BCUT2D eigenvalue weighted by Gasteiger charge is -2.28. The van der Waals surface area contributed by atoms with Gasteiger partial charge in [-0.05, 0) is 42.1 Å². The number of ether oxygens (including phenoxy) is 1. The van der Waals surface area contributed by atoms with E-state index in [-0.39, 0.29) is 0 Å². The Labute approximate surface area is 187 Å². The molecule has 3 N–H and O–H groups in total. The quantitative estimate of drug-likeness (QED) is 0.389. The van der Waals surface area contributed by atoms with Gasteiger partial charge in [0.15, 0.2) is 5.96 Å². The number of hydrogen-bond donors (Lipinski definition) is 3. The first-order valence-electron chi connectivity index (χ1n) is 10.8. The molecule has 1 fully saturated rings. The summed E-state index contributed by atoms with van der Waals surface area (Å²) in [5.41, 5.74) is 2.38. The summed E-state index contributed by atoms with van der Waals surface area (Å²) in [5.74, 6) is 0.708. The fourth-order valence-electron chi connectivity index (χ4n) is 3.61. The monoisotopic (exact) mass is 438 g/mol. The van der Waals surface area contributed by atoms with E-state index in [4.69, 9.17) is 4.74 Å². The largest absolute Gasteiger partial charge is 0.386 e. The van der Waals surface area contributed by atoms with Crippen molar-refractivity contribution in [3.8, 4) is 0 Å². The lowest BCUT2D eigenvalue weighted by atomic mass is 10.2. The SMILES string of the molecule is CCNC(=NCc1ccc(N2CCOCC2)cc1)NCC(O)c1cc2ccccc2s1. The Morgan fingerprint density at radius 3 is 2.65 bits per heavy atom. The highest BCUT2D eigenvalue weighted by Gasteiger charge is 2.13. The van der Waals surface area contributed by atoms with Gasteiger partial charge in [0.1, 0.15) is 6.10 Å². The number of rotatable bonds is 7. The number of anilines is 1. The molecule has 164 valence electrons. The highest BCUT2D eigenvalue weighted by Crippen LogP contribution is 2.29. The summed E-state index contributed by atoms with van der Waals surface area (Å²) in [7, 11) is 0. The van der Waals surface area contributed by atoms with Crippen molar-refractivity contribution in [1.82, 2.24) is 10.6 Å². The maximum Gasteiger partial charge on any atom is 0.191 e. The Kier molecular flexibility index (Phi) is 7.40. The van der Waals surface area contributed by atoms with Crippen molar-refractivity contribution in [3.63, 3.8) is 0 Å². The van der Waals surface area contributed by atoms with Gasteiger partial charge in [-0.25, -0.2) is 4.99 Å². The molecule has 3 aromatic rings. The van der Waals surface area contributed by atoms with Crippen LogP contribution in [-0.2, 0) is 11.3 Å². The summed E-state index contributed by atoms with van der Waals surface area (Å²) in [6.07, 6.45) is -0.575. The van der Waals surface area contributed by atoms with Gasteiger partial charge >= 0.3 is 0 Å². The van der Waals surface area contributed by atoms with Gasteiger partial charge < -0.3 is 25.4 Å². The van der Waals surface area contributed by atoms with Crippen LogP contribution < -0.4 is 15.5 Å². The first-order valence-corrected chi connectivity index (χ1v) is 11.6. The van der Waals surface area contributed by atoms with Crippen LogP contribution in [-0.4, -0.2) is 50.5 Å².